The summed E-state index contributed by atoms with van der Waals surface area (Å²) in [4.78, 5) is 4.78. The molecule has 134 valence electrons. The fourth-order valence-corrected chi connectivity index (χ4v) is 17.4. The summed E-state index contributed by atoms with van der Waals surface area (Å²) >= 11 is -3.60. The zero-order chi connectivity index (χ0) is 18.8. The van der Waals surface area contributed by atoms with E-state index in [1.807, 2.05) is 0 Å². The Labute approximate surface area is 169 Å². The van der Waals surface area contributed by atoms with Crippen molar-refractivity contribution in [1.82, 2.24) is 7.77 Å². The van der Waals surface area contributed by atoms with E-state index in [9.17, 15) is 0 Å². The first-order valence-electron chi connectivity index (χ1n) is 9.50. The van der Waals surface area contributed by atoms with Gasteiger partial charge in [-0.2, -0.15) is 0 Å². The molecule has 0 aliphatic heterocycles. The standard InChI is InChI=1S/C7H5N2.3C6H5.Sn/c1-2-4-7-6(3-1)8-5-9-7;3*1-2-4-6-5-3-1;/h1-5H;3*1-5H;/q-1;;;;+1. The van der Waals surface area contributed by atoms with Crippen LogP contribution in [0.1, 0.15) is 0 Å². The molecule has 0 amide bonds. The Kier molecular flexibility index (Phi) is 4.49. The van der Waals surface area contributed by atoms with Gasteiger partial charge < -0.3 is 0 Å². The van der Waals surface area contributed by atoms with Crippen molar-refractivity contribution >= 4 is 40.4 Å². The van der Waals surface area contributed by atoms with Crippen molar-refractivity contribution in [3.8, 4) is 0 Å². The van der Waals surface area contributed by atoms with Crippen LogP contribution in [0.5, 0.6) is 0 Å². The Morgan fingerprint density at radius 3 is 1.43 bits per heavy atom. The second-order valence-corrected chi connectivity index (χ2v) is 17.3. The molecule has 0 spiro atoms. The summed E-state index contributed by atoms with van der Waals surface area (Å²) in [6, 6.07) is 41.5. The molecule has 5 aromatic rings. The summed E-state index contributed by atoms with van der Waals surface area (Å²) < 4.78 is 6.76. The van der Waals surface area contributed by atoms with Crippen LogP contribution in [-0.2, 0) is 0 Å². The molecule has 0 radical (unpaired) electrons. The van der Waals surface area contributed by atoms with E-state index in [0.29, 0.717) is 0 Å². The molecule has 1 aromatic heterocycles. The van der Waals surface area contributed by atoms with Crippen molar-refractivity contribution in [2.45, 2.75) is 0 Å². The van der Waals surface area contributed by atoms with E-state index >= 15 is 0 Å². The van der Waals surface area contributed by atoms with Crippen LogP contribution in [-0.4, -0.2) is 26.4 Å². The number of benzene rings is 4. The number of imidazole rings is 1. The van der Waals surface area contributed by atoms with Crippen molar-refractivity contribution in [1.29, 1.82) is 0 Å². The van der Waals surface area contributed by atoms with Gasteiger partial charge in [-0.3, -0.25) is 0 Å². The zero-order valence-corrected chi connectivity index (χ0v) is 18.3. The summed E-state index contributed by atoms with van der Waals surface area (Å²) in [5.41, 5.74) is 2.25. The predicted molar refractivity (Wildman–Crippen MR) is 119 cm³/mol. The monoisotopic (exact) mass is 468 g/mol. The fourth-order valence-electron chi connectivity index (χ4n) is 4.18. The first kappa shape index (κ1) is 17.3. The third kappa shape index (κ3) is 2.68. The topological polar surface area (TPSA) is 17.8 Å². The average molecular weight is 467 g/mol. The summed E-state index contributed by atoms with van der Waals surface area (Å²) in [7, 11) is 0. The maximum absolute atomic E-state index is 4.78. The molecule has 0 fully saturated rings. The van der Waals surface area contributed by atoms with Crippen molar-refractivity contribution < 1.29 is 0 Å². The van der Waals surface area contributed by atoms with Gasteiger partial charge in [0.15, 0.2) is 0 Å². The molecule has 28 heavy (non-hydrogen) atoms. The molecule has 5 rings (SSSR count). The van der Waals surface area contributed by atoms with E-state index < -0.39 is 18.7 Å². The summed E-state index contributed by atoms with van der Waals surface area (Å²) in [6.45, 7) is 0. The van der Waals surface area contributed by atoms with Gasteiger partial charge in [0.2, 0.25) is 0 Å². The van der Waals surface area contributed by atoms with Crippen molar-refractivity contribution in [2.75, 3.05) is 0 Å². The van der Waals surface area contributed by atoms with Crippen LogP contribution in [0.4, 0.5) is 0 Å². The molecular weight excluding hydrogens is 447 g/mol. The number of nitrogens with zero attached hydrogens (tertiary/aromatic N) is 2. The SMILES string of the molecule is c1cc[c]([Sn]([c]2ccccc2)([c]2ccccc2)[n]2cnc3ccccc32)cc1. The molecule has 0 N–H and O–H groups in total. The van der Waals surface area contributed by atoms with E-state index in [4.69, 9.17) is 4.98 Å². The molecule has 0 atom stereocenters. The van der Waals surface area contributed by atoms with Gasteiger partial charge in [0, 0.05) is 0 Å². The molecular formula is C25H20N2Sn. The van der Waals surface area contributed by atoms with Gasteiger partial charge >= 0.3 is 170 Å². The zero-order valence-electron chi connectivity index (χ0n) is 15.4. The number of hydrogen-bond donors (Lipinski definition) is 0. The summed E-state index contributed by atoms with van der Waals surface area (Å²) in [6.07, 6.45) is 2.06. The van der Waals surface area contributed by atoms with Crippen molar-refractivity contribution in [2.24, 2.45) is 0 Å². The molecule has 0 saturated heterocycles. The molecule has 0 unspecified atom stereocenters. The Hall–Kier alpha value is -2.85. The molecule has 0 aliphatic rings. The Bertz CT molecular complexity index is 1100. The van der Waals surface area contributed by atoms with Crippen LogP contribution in [0.2, 0.25) is 0 Å². The summed E-state index contributed by atoms with van der Waals surface area (Å²) in [5.74, 6) is 0. The van der Waals surface area contributed by atoms with Gasteiger partial charge in [-0.05, 0) is 0 Å². The molecule has 1 heterocycles. The van der Waals surface area contributed by atoms with Crippen LogP contribution >= 0.6 is 0 Å². The van der Waals surface area contributed by atoms with Crippen LogP contribution in [0.25, 0.3) is 11.0 Å². The van der Waals surface area contributed by atoms with E-state index in [2.05, 4.69) is 124 Å². The van der Waals surface area contributed by atoms with Gasteiger partial charge in [0.1, 0.15) is 0 Å². The predicted octanol–water partition coefficient (Wildman–Crippen LogP) is 3.55. The molecule has 0 bridgehead atoms. The normalized spacial score (nSPS) is 11.6. The third-order valence-electron chi connectivity index (χ3n) is 5.39. The van der Waals surface area contributed by atoms with Crippen LogP contribution in [0.15, 0.2) is 122 Å². The number of aromatic nitrogens is 2. The van der Waals surface area contributed by atoms with Gasteiger partial charge in [-0.15, -0.1) is 0 Å². The van der Waals surface area contributed by atoms with Crippen LogP contribution in [0, 0.1) is 0 Å². The third-order valence-corrected chi connectivity index (χ3v) is 18.5. The fraction of sp³-hybridized carbons (Fsp3) is 0. The summed E-state index contributed by atoms with van der Waals surface area (Å²) in [5, 5.41) is 0. The van der Waals surface area contributed by atoms with Crippen molar-refractivity contribution in [3.05, 3.63) is 122 Å². The van der Waals surface area contributed by atoms with E-state index in [-0.39, 0.29) is 0 Å². The average Bonchev–Trinajstić information content (AvgIpc) is 3.21. The Morgan fingerprint density at radius 1 is 0.500 bits per heavy atom. The Balaban J connectivity index is 1.96. The van der Waals surface area contributed by atoms with Gasteiger partial charge in [-0.1, -0.05) is 0 Å². The van der Waals surface area contributed by atoms with Crippen LogP contribution < -0.4 is 10.7 Å². The molecule has 4 aromatic carbocycles. The molecule has 2 nitrogen and oxygen atoms in total. The molecule has 0 aliphatic carbocycles. The maximum atomic E-state index is 4.78. The number of rotatable bonds is 4. The first-order valence-corrected chi connectivity index (χ1v) is 15.1. The first-order chi connectivity index (χ1) is 13.9. The quantitative estimate of drug-likeness (QED) is 0.370. The van der Waals surface area contributed by atoms with Gasteiger partial charge in [0.05, 0.1) is 0 Å². The van der Waals surface area contributed by atoms with E-state index in [1.54, 1.807) is 0 Å². The van der Waals surface area contributed by atoms with Gasteiger partial charge in [-0.25, -0.2) is 0 Å². The molecule has 0 saturated carbocycles. The number of para-hydroxylation sites is 2. The number of fused-ring (bicyclic) bond motifs is 1. The van der Waals surface area contributed by atoms with Crippen molar-refractivity contribution in [3.63, 3.8) is 0 Å². The molecule has 3 heteroatoms. The second-order valence-electron chi connectivity index (χ2n) is 6.91. The minimum absolute atomic E-state index is 1.05. The van der Waals surface area contributed by atoms with E-state index in [0.717, 1.165) is 5.52 Å². The minimum atomic E-state index is -3.60. The van der Waals surface area contributed by atoms with Gasteiger partial charge in [0.25, 0.3) is 0 Å². The van der Waals surface area contributed by atoms with Crippen LogP contribution in [0.3, 0.4) is 0 Å². The van der Waals surface area contributed by atoms with E-state index in [1.165, 1.54) is 16.3 Å². The number of hydrogen-bond acceptors (Lipinski definition) is 1. The Morgan fingerprint density at radius 2 is 0.929 bits per heavy atom. The second kappa shape index (κ2) is 7.28.